The standard InChI is InChI=1S/C15H20N2O/c1-9-7-10(2)14(11(3)8-9)15-12(4)16-13(17-15)5-6-18/h7-8,18H,5-6H2,1-4H3,(H,16,17). The summed E-state index contributed by atoms with van der Waals surface area (Å²) in [5.41, 5.74) is 7.05. The van der Waals surface area contributed by atoms with Crippen LogP contribution in [0.3, 0.4) is 0 Å². The van der Waals surface area contributed by atoms with Gasteiger partial charge in [0.1, 0.15) is 5.82 Å². The van der Waals surface area contributed by atoms with Crippen molar-refractivity contribution in [1.29, 1.82) is 0 Å². The number of imidazole rings is 1. The zero-order valence-electron chi connectivity index (χ0n) is 11.5. The Bertz CT molecular complexity index is 547. The van der Waals surface area contributed by atoms with Crippen LogP contribution in [0.1, 0.15) is 28.2 Å². The third-order valence-electron chi connectivity index (χ3n) is 3.20. The zero-order chi connectivity index (χ0) is 13.3. The highest BCUT2D eigenvalue weighted by molar-refractivity contribution is 5.70. The van der Waals surface area contributed by atoms with Crippen LogP contribution in [-0.4, -0.2) is 21.7 Å². The SMILES string of the molecule is Cc1cc(C)c(-c2nc(CCO)[nH]c2C)c(C)c1. The molecule has 0 atom stereocenters. The van der Waals surface area contributed by atoms with Crippen molar-refractivity contribution in [2.75, 3.05) is 6.61 Å². The number of aryl methyl sites for hydroxylation is 4. The molecule has 0 amide bonds. The average molecular weight is 244 g/mol. The molecular formula is C15H20N2O. The molecule has 2 N–H and O–H groups in total. The Morgan fingerprint density at radius 1 is 1.11 bits per heavy atom. The van der Waals surface area contributed by atoms with Crippen LogP contribution in [0.4, 0.5) is 0 Å². The van der Waals surface area contributed by atoms with Gasteiger partial charge >= 0.3 is 0 Å². The van der Waals surface area contributed by atoms with Crippen LogP contribution in [0.15, 0.2) is 12.1 Å². The predicted octanol–water partition coefficient (Wildman–Crippen LogP) is 2.85. The third-order valence-corrected chi connectivity index (χ3v) is 3.20. The lowest BCUT2D eigenvalue weighted by molar-refractivity contribution is 0.297. The summed E-state index contributed by atoms with van der Waals surface area (Å²) in [6, 6.07) is 4.37. The molecule has 0 saturated carbocycles. The third kappa shape index (κ3) is 2.31. The number of aliphatic hydroxyl groups excluding tert-OH is 1. The van der Waals surface area contributed by atoms with Crippen LogP contribution in [-0.2, 0) is 6.42 Å². The monoisotopic (exact) mass is 244 g/mol. The van der Waals surface area contributed by atoms with Gasteiger partial charge in [0, 0.05) is 17.7 Å². The molecule has 0 aliphatic rings. The Labute approximate surface area is 108 Å². The summed E-state index contributed by atoms with van der Waals surface area (Å²) >= 11 is 0. The molecule has 0 saturated heterocycles. The highest BCUT2D eigenvalue weighted by atomic mass is 16.3. The van der Waals surface area contributed by atoms with E-state index in [0.717, 1.165) is 17.2 Å². The summed E-state index contributed by atoms with van der Waals surface area (Å²) in [7, 11) is 0. The fraction of sp³-hybridized carbons (Fsp3) is 0.400. The van der Waals surface area contributed by atoms with Crippen molar-refractivity contribution in [2.45, 2.75) is 34.1 Å². The first-order valence-corrected chi connectivity index (χ1v) is 6.27. The number of rotatable bonds is 3. The van der Waals surface area contributed by atoms with E-state index in [1.165, 1.54) is 22.3 Å². The van der Waals surface area contributed by atoms with Crippen LogP contribution in [0.5, 0.6) is 0 Å². The fourth-order valence-corrected chi connectivity index (χ4v) is 2.54. The van der Waals surface area contributed by atoms with Crippen LogP contribution in [0.2, 0.25) is 0 Å². The minimum Gasteiger partial charge on any atom is -0.396 e. The largest absolute Gasteiger partial charge is 0.396 e. The summed E-state index contributed by atoms with van der Waals surface area (Å²) in [6.45, 7) is 8.50. The highest BCUT2D eigenvalue weighted by Crippen LogP contribution is 2.29. The van der Waals surface area contributed by atoms with Gasteiger partial charge in [-0.3, -0.25) is 0 Å². The van der Waals surface area contributed by atoms with Crippen molar-refractivity contribution in [3.8, 4) is 11.3 Å². The maximum absolute atomic E-state index is 8.98. The topological polar surface area (TPSA) is 48.9 Å². The molecule has 2 rings (SSSR count). The van der Waals surface area contributed by atoms with Crippen molar-refractivity contribution < 1.29 is 5.11 Å². The molecule has 3 nitrogen and oxygen atoms in total. The van der Waals surface area contributed by atoms with Crippen molar-refractivity contribution >= 4 is 0 Å². The average Bonchev–Trinajstić information content (AvgIpc) is 2.59. The molecule has 18 heavy (non-hydrogen) atoms. The van der Waals surface area contributed by atoms with E-state index in [4.69, 9.17) is 5.11 Å². The molecular weight excluding hydrogens is 224 g/mol. The second kappa shape index (κ2) is 4.94. The summed E-state index contributed by atoms with van der Waals surface area (Å²) < 4.78 is 0. The van der Waals surface area contributed by atoms with E-state index < -0.39 is 0 Å². The molecule has 1 heterocycles. The van der Waals surface area contributed by atoms with Gasteiger partial charge in [-0.1, -0.05) is 17.7 Å². The Balaban J connectivity index is 2.55. The zero-order valence-corrected chi connectivity index (χ0v) is 11.5. The van der Waals surface area contributed by atoms with Crippen LogP contribution in [0.25, 0.3) is 11.3 Å². The molecule has 0 aliphatic carbocycles. The van der Waals surface area contributed by atoms with E-state index in [0.29, 0.717) is 6.42 Å². The number of H-pyrrole nitrogens is 1. The number of aliphatic hydroxyl groups is 1. The second-order valence-corrected chi connectivity index (χ2v) is 4.90. The molecule has 0 radical (unpaired) electrons. The van der Waals surface area contributed by atoms with E-state index in [1.54, 1.807) is 0 Å². The lowest BCUT2D eigenvalue weighted by Crippen LogP contribution is -1.94. The fourth-order valence-electron chi connectivity index (χ4n) is 2.54. The number of nitrogens with zero attached hydrogens (tertiary/aromatic N) is 1. The van der Waals surface area contributed by atoms with Gasteiger partial charge in [-0.15, -0.1) is 0 Å². The molecule has 0 spiro atoms. The number of hydrogen-bond acceptors (Lipinski definition) is 2. The number of hydrogen-bond donors (Lipinski definition) is 2. The first-order valence-electron chi connectivity index (χ1n) is 6.27. The van der Waals surface area contributed by atoms with Gasteiger partial charge < -0.3 is 10.1 Å². The molecule has 1 aromatic heterocycles. The molecule has 0 aliphatic heterocycles. The molecule has 0 fully saturated rings. The van der Waals surface area contributed by atoms with Gasteiger partial charge in [0.05, 0.1) is 12.3 Å². The number of benzene rings is 1. The second-order valence-electron chi connectivity index (χ2n) is 4.90. The number of aromatic nitrogens is 2. The van der Waals surface area contributed by atoms with E-state index in [9.17, 15) is 0 Å². The summed E-state index contributed by atoms with van der Waals surface area (Å²) in [4.78, 5) is 7.85. The van der Waals surface area contributed by atoms with Crippen LogP contribution in [0, 0.1) is 27.7 Å². The van der Waals surface area contributed by atoms with Crippen LogP contribution >= 0.6 is 0 Å². The van der Waals surface area contributed by atoms with E-state index in [2.05, 4.69) is 42.9 Å². The number of aromatic amines is 1. The molecule has 1 aromatic carbocycles. The van der Waals surface area contributed by atoms with Gasteiger partial charge in [0.2, 0.25) is 0 Å². The van der Waals surface area contributed by atoms with Gasteiger partial charge in [-0.25, -0.2) is 4.98 Å². The quantitative estimate of drug-likeness (QED) is 0.872. The Hall–Kier alpha value is -1.61. The minimum absolute atomic E-state index is 0.123. The van der Waals surface area contributed by atoms with Crippen molar-refractivity contribution in [1.82, 2.24) is 9.97 Å². The van der Waals surface area contributed by atoms with E-state index >= 15 is 0 Å². The Kier molecular flexibility index (Phi) is 3.53. The smallest absolute Gasteiger partial charge is 0.109 e. The maximum Gasteiger partial charge on any atom is 0.109 e. The maximum atomic E-state index is 8.98. The molecule has 0 unspecified atom stereocenters. The molecule has 96 valence electrons. The number of nitrogens with one attached hydrogen (secondary N) is 1. The van der Waals surface area contributed by atoms with E-state index in [-0.39, 0.29) is 6.61 Å². The van der Waals surface area contributed by atoms with E-state index in [1.807, 2.05) is 6.92 Å². The Morgan fingerprint density at radius 3 is 2.28 bits per heavy atom. The van der Waals surface area contributed by atoms with Crippen molar-refractivity contribution in [2.24, 2.45) is 0 Å². The lowest BCUT2D eigenvalue weighted by atomic mass is 9.96. The summed E-state index contributed by atoms with van der Waals surface area (Å²) in [5, 5.41) is 8.98. The summed E-state index contributed by atoms with van der Waals surface area (Å²) in [5.74, 6) is 0.851. The summed E-state index contributed by atoms with van der Waals surface area (Å²) in [6.07, 6.45) is 0.574. The van der Waals surface area contributed by atoms with Gasteiger partial charge in [-0.05, 0) is 38.8 Å². The van der Waals surface area contributed by atoms with Gasteiger partial charge in [0.25, 0.3) is 0 Å². The first-order chi connectivity index (χ1) is 8.52. The Morgan fingerprint density at radius 2 is 1.72 bits per heavy atom. The van der Waals surface area contributed by atoms with Crippen molar-refractivity contribution in [3.63, 3.8) is 0 Å². The minimum atomic E-state index is 0.123. The van der Waals surface area contributed by atoms with Gasteiger partial charge in [-0.2, -0.15) is 0 Å². The van der Waals surface area contributed by atoms with Crippen LogP contribution < -0.4 is 0 Å². The highest BCUT2D eigenvalue weighted by Gasteiger charge is 2.13. The normalized spacial score (nSPS) is 10.9. The van der Waals surface area contributed by atoms with Gasteiger partial charge in [0.15, 0.2) is 0 Å². The first kappa shape index (κ1) is 12.8. The molecule has 2 aromatic rings. The lowest BCUT2D eigenvalue weighted by Gasteiger charge is -2.09. The molecule has 0 bridgehead atoms. The predicted molar refractivity (Wildman–Crippen MR) is 73.8 cm³/mol. The molecule has 3 heteroatoms. The van der Waals surface area contributed by atoms with Crippen molar-refractivity contribution in [3.05, 3.63) is 40.3 Å².